The number of benzene rings is 2. The van der Waals surface area contributed by atoms with Crippen LogP contribution in [0.1, 0.15) is 45.6 Å². The normalized spacial score (nSPS) is 20.1. The zero-order valence-corrected chi connectivity index (χ0v) is 17.4. The molecule has 0 aromatic heterocycles. The number of likely N-dealkylation sites (tertiary alicyclic amines) is 1. The summed E-state index contributed by atoms with van der Waals surface area (Å²) in [6, 6.07) is 14.3. The third-order valence-electron chi connectivity index (χ3n) is 5.15. The summed E-state index contributed by atoms with van der Waals surface area (Å²) >= 11 is 0. The number of esters is 1. The average Bonchev–Trinajstić information content (AvgIpc) is 2.88. The van der Waals surface area contributed by atoms with Gasteiger partial charge in [0, 0.05) is 7.05 Å². The second-order valence-corrected chi connectivity index (χ2v) is 8.57. The number of hydrogen-bond donors (Lipinski definition) is 0. The fourth-order valence-corrected chi connectivity index (χ4v) is 3.58. The maximum Gasteiger partial charge on any atom is 0.322 e. The first-order valence-electron chi connectivity index (χ1n) is 9.82. The Balaban J connectivity index is 1.76. The zero-order valence-electron chi connectivity index (χ0n) is 17.4. The first-order chi connectivity index (χ1) is 13.6. The molecule has 2 aromatic rings. The van der Waals surface area contributed by atoms with Gasteiger partial charge in [-0.25, -0.2) is 0 Å². The van der Waals surface area contributed by atoms with Crippen molar-refractivity contribution in [2.45, 2.75) is 45.6 Å². The van der Waals surface area contributed by atoms with Gasteiger partial charge in [-0.05, 0) is 56.0 Å². The highest BCUT2D eigenvalue weighted by molar-refractivity contribution is 6.15. The Morgan fingerprint density at radius 3 is 2.45 bits per heavy atom. The van der Waals surface area contributed by atoms with Crippen molar-refractivity contribution in [2.75, 3.05) is 7.05 Å². The van der Waals surface area contributed by atoms with Crippen LogP contribution in [0.4, 0.5) is 0 Å². The van der Waals surface area contributed by atoms with Crippen LogP contribution in [-0.2, 0) is 19.1 Å². The van der Waals surface area contributed by atoms with E-state index in [1.165, 1.54) is 12.4 Å². The molecule has 0 bridgehead atoms. The van der Waals surface area contributed by atoms with Crippen LogP contribution < -0.4 is 0 Å². The Morgan fingerprint density at radius 2 is 1.83 bits per heavy atom. The standard InChI is InChI=1S/C24H27NO4/c1-23(2,3)29-22(28)24(16-20(26)25(4)21(24)27)14-8-7-9-17-12-13-18-10-5-6-11-19(18)15-17/h5-7,9-13,15H,8,14,16H2,1-4H3/b9-7+. The number of rotatable bonds is 5. The van der Waals surface area contributed by atoms with Gasteiger partial charge in [-0.2, -0.15) is 0 Å². The molecule has 1 saturated heterocycles. The van der Waals surface area contributed by atoms with Gasteiger partial charge in [0.25, 0.3) is 0 Å². The molecule has 152 valence electrons. The number of imide groups is 1. The van der Waals surface area contributed by atoms with Crippen LogP contribution in [0.15, 0.2) is 48.5 Å². The smallest absolute Gasteiger partial charge is 0.322 e. The monoisotopic (exact) mass is 393 g/mol. The lowest BCUT2D eigenvalue weighted by Crippen LogP contribution is -2.43. The number of ether oxygens (including phenoxy) is 1. The maximum atomic E-state index is 12.8. The van der Waals surface area contributed by atoms with E-state index in [2.05, 4.69) is 24.3 Å². The predicted molar refractivity (Wildman–Crippen MR) is 113 cm³/mol. The fraction of sp³-hybridized carbons (Fsp3) is 0.375. The lowest BCUT2D eigenvalue weighted by molar-refractivity contribution is -0.171. The van der Waals surface area contributed by atoms with E-state index in [4.69, 9.17) is 4.74 Å². The van der Waals surface area contributed by atoms with Gasteiger partial charge in [0.15, 0.2) is 5.41 Å². The summed E-state index contributed by atoms with van der Waals surface area (Å²) in [5.41, 5.74) is -1.12. The van der Waals surface area contributed by atoms with Gasteiger partial charge in [0.2, 0.25) is 11.8 Å². The predicted octanol–water partition coefficient (Wildman–Crippen LogP) is 4.35. The van der Waals surface area contributed by atoms with Crippen molar-refractivity contribution in [3.05, 3.63) is 54.1 Å². The van der Waals surface area contributed by atoms with Crippen LogP contribution in [0.2, 0.25) is 0 Å². The van der Waals surface area contributed by atoms with Crippen molar-refractivity contribution in [3.63, 3.8) is 0 Å². The highest BCUT2D eigenvalue weighted by Crippen LogP contribution is 2.39. The van der Waals surface area contributed by atoms with E-state index in [1.54, 1.807) is 20.8 Å². The van der Waals surface area contributed by atoms with E-state index in [0.717, 1.165) is 15.8 Å². The molecule has 3 rings (SSSR count). The molecular weight excluding hydrogens is 366 g/mol. The first-order valence-corrected chi connectivity index (χ1v) is 9.82. The summed E-state index contributed by atoms with van der Waals surface area (Å²) in [5.74, 6) is -1.44. The summed E-state index contributed by atoms with van der Waals surface area (Å²) in [7, 11) is 1.42. The van der Waals surface area contributed by atoms with Crippen LogP contribution >= 0.6 is 0 Å². The summed E-state index contributed by atoms with van der Waals surface area (Å²) in [4.78, 5) is 38.8. The van der Waals surface area contributed by atoms with E-state index in [9.17, 15) is 14.4 Å². The highest BCUT2D eigenvalue weighted by Gasteiger charge is 2.56. The minimum absolute atomic E-state index is 0.138. The van der Waals surface area contributed by atoms with E-state index in [1.807, 2.05) is 30.4 Å². The molecule has 1 atom stereocenters. The Morgan fingerprint density at radius 1 is 1.14 bits per heavy atom. The number of amides is 2. The molecular formula is C24H27NO4. The number of carbonyl (C=O) groups excluding carboxylic acids is 3. The van der Waals surface area contributed by atoms with Crippen molar-refractivity contribution >= 4 is 34.6 Å². The molecule has 29 heavy (non-hydrogen) atoms. The topological polar surface area (TPSA) is 63.7 Å². The molecule has 0 radical (unpaired) electrons. The number of hydrogen-bond acceptors (Lipinski definition) is 4. The molecule has 5 heteroatoms. The van der Waals surface area contributed by atoms with Gasteiger partial charge in [-0.15, -0.1) is 0 Å². The lowest BCUT2D eigenvalue weighted by Gasteiger charge is -2.28. The molecule has 1 heterocycles. The zero-order chi connectivity index (χ0) is 21.2. The molecule has 2 aromatic carbocycles. The Labute approximate surface area is 171 Å². The van der Waals surface area contributed by atoms with Crippen LogP contribution in [-0.4, -0.2) is 35.3 Å². The van der Waals surface area contributed by atoms with Gasteiger partial charge in [-0.1, -0.05) is 48.6 Å². The fourth-order valence-electron chi connectivity index (χ4n) is 3.58. The second-order valence-electron chi connectivity index (χ2n) is 8.57. The van der Waals surface area contributed by atoms with E-state index in [-0.39, 0.29) is 18.7 Å². The third-order valence-corrected chi connectivity index (χ3v) is 5.15. The van der Waals surface area contributed by atoms with E-state index >= 15 is 0 Å². The van der Waals surface area contributed by atoms with Gasteiger partial charge in [0.1, 0.15) is 5.60 Å². The van der Waals surface area contributed by atoms with Crippen LogP contribution in [0.25, 0.3) is 16.8 Å². The molecule has 1 aliphatic heterocycles. The molecule has 0 N–H and O–H groups in total. The largest absolute Gasteiger partial charge is 0.459 e. The second kappa shape index (κ2) is 7.82. The molecule has 2 amide bonds. The minimum Gasteiger partial charge on any atom is -0.459 e. The molecule has 1 aliphatic rings. The van der Waals surface area contributed by atoms with E-state index < -0.39 is 22.9 Å². The Hall–Kier alpha value is -2.95. The van der Waals surface area contributed by atoms with Crippen LogP contribution in [0.3, 0.4) is 0 Å². The molecule has 5 nitrogen and oxygen atoms in total. The average molecular weight is 393 g/mol. The molecule has 1 fully saturated rings. The first kappa shape index (κ1) is 20.8. The minimum atomic E-state index is -1.44. The summed E-state index contributed by atoms with van der Waals surface area (Å²) < 4.78 is 5.49. The molecule has 0 saturated carbocycles. The number of allylic oxidation sites excluding steroid dienone is 1. The van der Waals surface area contributed by atoms with Gasteiger partial charge in [-0.3, -0.25) is 19.3 Å². The number of fused-ring (bicyclic) bond motifs is 1. The lowest BCUT2D eigenvalue weighted by atomic mass is 9.81. The Kier molecular flexibility index (Phi) is 5.60. The number of nitrogens with zero attached hydrogens (tertiary/aromatic N) is 1. The molecule has 0 aliphatic carbocycles. The van der Waals surface area contributed by atoms with Crippen molar-refractivity contribution in [2.24, 2.45) is 5.41 Å². The van der Waals surface area contributed by atoms with Gasteiger partial charge >= 0.3 is 5.97 Å². The van der Waals surface area contributed by atoms with E-state index in [0.29, 0.717) is 6.42 Å². The summed E-state index contributed by atoms with van der Waals surface area (Å²) in [6.07, 6.45) is 4.49. The van der Waals surface area contributed by atoms with Crippen molar-refractivity contribution in [1.29, 1.82) is 0 Å². The van der Waals surface area contributed by atoms with Crippen molar-refractivity contribution < 1.29 is 19.1 Å². The summed E-state index contributed by atoms with van der Waals surface area (Å²) in [6.45, 7) is 5.26. The van der Waals surface area contributed by atoms with Crippen LogP contribution in [0.5, 0.6) is 0 Å². The van der Waals surface area contributed by atoms with Crippen LogP contribution in [0, 0.1) is 5.41 Å². The van der Waals surface area contributed by atoms with Gasteiger partial charge < -0.3 is 4.74 Å². The van der Waals surface area contributed by atoms with Crippen molar-refractivity contribution in [3.8, 4) is 0 Å². The quantitative estimate of drug-likeness (QED) is 0.430. The summed E-state index contributed by atoms with van der Waals surface area (Å²) in [5, 5.41) is 2.32. The van der Waals surface area contributed by atoms with Crippen molar-refractivity contribution in [1.82, 2.24) is 4.90 Å². The molecule has 0 spiro atoms. The maximum absolute atomic E-state index is 12.8. The molecule has 1 unspecified atom stereocenters. The highest BCUT2D eigenvalue weighted by atomic mass is 16.6. The van der Waals surface area contributed by atoms with Gasteiger partial charge in [0.05, 0.1) is 6.42 Å². The Bertz CT molecular complexity index is 986. The third kappa shape index (κ3) is 4.39. The number of carbonyl (C=O) groups is 3. The SMILES string of the molecule is CN1C(=O)CC(CC/C=C/c2ccc3ccccc3c2)(C(=O)OC(C)(C)C)C1=O.